The summed E-state index contributed by atoms with van der Waals surface area (Å²) < 4.78 is 71.8. The van der Waals surface area contributed by atoms with E-state index in [1.807, 2.05) is 6.92 Å². The third-order valence-electron chi connectivity index (χ3n) is 5.50. The molecule has 14 heteroatoms. The Morgan fingerprint density at radius 3 is 2.59 bits per heavy atom. The molecule has 4 rings (SSSR count). The molecule has 2 heterocycles. The van der Waals surface area contributed by atoms with E-state index in [4.69, 9.17) is 16.0 Å². The van der Waals surface area contributed by atoms with Crippen molar-refractivity contribution in [3.05, 3.63) is 69.2 Å². The molecule has 0 unspecified atom stereocenters. The first-order valence-electron chi connectivity index (χ1n) is 10.7. The van der Waals surface area contributed by atoms with Gasteiger partial charge in [-0.1, -0.05) is 30.7 Å². The Labute approximate surface area is 223 Å². The fourth-order valence-corrected chi connectivity index (χ4v) is 5.26. The topological polar surface area (TPSA) is 106 Å². The number of aryl methyl sites for hydroxylation is 1. The number of aromatic nitrogens is 2. The number of para-hydroxylation sites is 1. The van der Waals surface area contributed by atoms with Gasteiger partial charge in [0.15, 0.2) is 5.15 Å². The number of hydrogen-bond acceptors (Lipinski definition) is 5. The number of furan rings is 1. The third-order valence-corrected chi connectivity index (χ3v) is 7.51. The Morgan fingerprint density at radius 2 is 1.95 bits per heavy atom. The minimum absolute atomic E-state index is 0.0892. The summed E-state index contributed by atoms with van der Waals surface area (Å²) in [5, 5.41) is 3.25. The fourth-order valence-electron chi connectivity index (χ4n) is 3.77. The van der Waals surface area contributed by atoms with E-state index in [1.165, 1.54) is 19.2 Å². The van der Waals surface area contributed by atoms with E-state index in [0.717, 1.165) is 5.56 Å². The van der Waals surface area contributed by atoms with Crippen molar-refractivity contribution in [2.75, 3.05) is 11.8 Å². The molecule has 37 heavy (non-hydrogen) atoms. The average molecular weight is 620 g/mol. The number of anilines is 1. The van der Waals surface area contributed by atoms with Crippen LogP contribution in [0.15, 0.2) is 51.4 Å². The smallest absolute Gasteiger partial charge is 0.456 e. The lowest BCUT2D eigenvalue weighted by Gasteiger charge is -2.14. The molecule has 2 aromatic heterocycles. The summed E-state index contributed by atoms with van der Waals surface area (Å²) in [7, 11) is -4.18. The predicted molar refractivity (Wildman–Crippen MR) is 137 cm³/mol. The Hall–Kier alpha value is -3.03. The van der Waals surface area contributed by atoms with Crippen LogP contribution in [0.5, 0.6) is 0 Å². The van der Waals surface area contributed by atoms with Gasteiger partial charge in [0.05, 0.1) is 5.69 Å². The number of carbonyl (C=O) groups is 1. The Kier molecular flexibility index (Phi) is 7.32. The van der Waals surface area contributed by atoms with Crippen LogP contribution < -0.4 is 10.0 Å². The highest BCUT2D eigenvalue weighted by atomic mass is 79.9. The first-order valence-corrected chi connectivity index (χ1v) is 13.4. The maximum atomic E-state index is 13.0. The molecule has 2 N–H and O–H groups in total. The number of nitrogens with zero attached hydrogens (tertiary/aromatic N) is 2. The number of amides is 1. The van der Waals surface area contributed by atoms with Gasteiger partial charge in [0.25, 0.3) is 5.91 Å². The lowest BCUT2D eigenvalue weighted by Crippen LogP contribution is -2.30. The van der Waals surface area contributed by atoms with E-state index in [2.05, 4.69) is 26.2 Å². The molecular weight excluding hydrogens is 601 g/mol. The minimum atomic E-state index is -5.67. The zero-order chi connectivity index (χ0) is 27.1. The van der Waals surface area contributed by atoms with Crippen LogP contribution >= 0.6 is 27.5 Å². The van der Waals surface area contributed by atoms with Gasteiger partial charge in [-0.25, -0.2) is 4.98 Å². The second-order valence-corrected chi connectivity index (χ2v) is 10.8. The van der Waals surface area contributed by atoms with Gasteiger partial charge in [-0.15, -0.1) is 0 Å². The van der Waals surface area contributed by atoms with Gasteiger partial charge in [-0.3, -0.25) is 9.52 Å². The quantitative estimate of drug-likeness (QED) is 0.266. The van der Waals surface area contributed by atoms with Crippen molar-refractivity contribution in [2.24, 2.45) is 0 Å². The van der Waals surface area contributed by atoms with Gasteiger partial charge in [0.2, 0.25) is 0 Å². The van der Waals surface area contributed by atoms with Gasteiger partial charge < -0.3 is 14.3 Å². The number of benzene rings is 2. The zero-order valence-corrected chi connectivity index (χ0v) is 22.4. The molecule has 0 spiro atoms. The SMILES string of the molecule is CCc1nc(Cl)c(C(=O)NC)n1Cc1ccc2oc(-c3cccc(Br)c3NS(=O)(=O)C(F)(F)F)cc2c1. The van der Waals surface area contributed by atoms with Crippen LogP contribution in [0.2, 0.25) is 5.15 Å². The van der Waals surface area contributed by atoms with Crippen molar-refractivity contribution in [2.45, 2.75) is 25.4 Å². The van der Waals surface area contributed by atoms with Gasteiger partial charge in [0, 0.05) is 35.4 Å². The summed E-state index contributed by atoms with van der Waals surface area (Å²) >= 11 is 9.31. The highest BCUT2D eigenvalue weighted by Gasteiger charge is 2.46. The number of nitrogens with one attached hydrogen (secondary N) is 2. The molecule has 4 aromatic rings. The van der Waals surface area contributed by atoms with E-state index in [0.29, 0.717) is 23.2 Å². The first kappa shape index (κ1) is 27.0. The van der Waals surface area contributed by atoms with Crippen molar-refractivity contribution in [3.63, 3.8) is 0 Å². The molecule has 0 aliphatic rings. The third kappa shape index (κ3) is 5.20. The summed E-state index contributed by atoms with van der Waals surface area (Å²) in [6.07, 6.45) is 0.536. The number of rotatable bonds is 7. The Balaban J connectivity index is 1.74. The summed E-state index contributed by atoms with van der Waals surface area (Å²) in [6.45, 7) is 2.16. The highest BCUT2D eigenvalue weighted by Crippen LogP contribution is 2.39. The molecule has 0 radical (unpaired) electrons. The molecule has 0 aliphatic heterocycles. The lowest BCUT2D eigenvalue weighted by molar-refractivity contribution is -0.0429. The lowest BCUT2D eigenvalue weighted by atomic mass is 10.1. The number of halogens is 5. The van der Waals surface area contributed by atoms with E-state index < -0.39 is 15.5 Å². The summed E-state index contributed by atoms with van der Waals surface area (Å²) in [5.41, 5.74) is -4.27. The van der Waals surface area contributed by atoms with Crippen LogP contribution in [0.3, 0.4) is 0 Å². The number of alkyl halides is 3. The number of sulfonamides is 1. The summed E-state index contributed by atoms with van der Waals surface area (Å²) in [5.74, 6) is 0.388. The highest BCUT2D eigenvalue weighted by molar-refractivity contribution is 9.10. The molecule has 0 saturated heterocycles. The molecule has 0 fully saturated rings. The van der Waals surface area contributed by atoms with Gasteiger partial charge >= 0.3 is 15.5 Å². The predicted octanol–water partition coefficient (Wildman–Crippen LogP) is 5.94. The van der Waals surface area contributed by atoms with Crippen LogP contribution in [0, 0.1) is 0 Å². The Bertz CT molecular complexity index is 1620. The van der Waals surface area contributed by atoms with Gasteiger partial charge in [-0.05, 0) is 51.8 Å². The second kappa shape index (κ2) is 10.0. The Morgan fingerprint density at radius 1 is 1.22 bits per heavy atom. The van der Waals surface area contributed by atoms with Crippen LogP contribution in [0.1, 0.15) is 28.8 Å². The maximum Gasteiger partial charge on any atom is 0.516 e. The fraction of sp³-hybridized carbons (Fsp3) is 0.217. The van der Waals surface area contributed by atoms with Crippen molar-refractivity contribution >= 4 is 60.1 Å². The number of imidazole rings is 1. The molecule has 2 aromatic carbocycles. The molecule has 1 amide bonds. The average Bonchev–Trinajstić information content (AvgIpc) is 3.39. The minimum Gasteiger partial charge on any atom is -0.456 e. The van der Waals surface area contributed by atoms with Crippen molar-refractivity contribution < 1.29 is 30.8 Å². The normalized spacial score (nSPS) is 12.2. The van der Waals surface area contributed by atoms with Gasteiger partial charge in [-0.2, -0.15) is 21.6 Å². The van der Waals surface area contributed by atoms with E-state index in [9.17, 15) is 26.4 Å². The second-order valence-electron chi connectivity index (χ2n) is 7.88. The summed E-state index contributed by atoms with van der Waals surface area (Å²) in [6, 6.07) is 11.2. The maximum absolute atomic E-state index is 13.0. The van der Waals surface area contributed by atoms with Crippen molar-refractivity contribution in [1.29, 1.82) is 0 Å². The van der Waals surface area contributed by atoms with E-state index in [1.54, 1.807) is 39.6 Å². The monoisotopic (exact) mass is 618 g/mol. The molecule has 8 nitrogen and oxygen atoms in total. The molecule has 0 aliphatic carbocycles. The van der Waals surface area contributed by atoms with E-state index in [-0.39, 0.29) is 44.8 Å². The van der Waals surface area contributed by atoms with Crippen LogP contribution in [-0.2, 0) is 23.0 Å². The van der Waals surface area contributed by atoms with Crippen LogP contribution in [-0.4, -0.2) is 36.4 Å². The largest absolute Gasteiger partial charge is 0.516 e. The molecular formula is C23H19BrClF3N4O4S. The van der Waals surface area contributed by atoms with E-state index >= 15 is 0 Å². The molecule has 0 saturated carbocycles. The van der Waals surface area contributed by atoms with Crippen LogP contribution in [0.25, 0.3) is 22.3 Å². The standard InChI is InChI=1S/C23H19BrClF3N4O4S/c1-3-18-30-21(25)20(22(33)29-2)32(18)11-12-7-8-16-13(9-12)10-17(36-16)14-5-4-6-15(24)19(14)31-37(34,35)23(26,27)28/h4-10,31H,3,11H2,1-2H3,(H,29,33). The number of fused-ring (bicyclic) bond motifs is 1. The zero-order valence-electron chi connectivity index (χ0n) is 19.3. The number of carbonyl (C=O) groups excluding carboxylic acids is 1. The van der Waals surface area contributed by atoms with Crippen molar-refractivity contribution in [1.82, 2.24) is 14.9 Å². The first-order chi connectivity index (χ1) is 17.4. The number of hydrogen-bond donors (Lipinski definition) is 2. The molecule has 196 valence electrons. The van der Waals surface area contributed by atoms with Crippen molar-refractivity contribution in [3.8, 4) is 11.3 Å². The van der Waals surface area contributed by atoms with Crippen LogP contribution in [0.4, 0.5) is 18.9 Å². The molecule has 0 bridgehead atoms. The van der Waals surface area contributed by atoms with Gasteiger partial charge in [0.1, 0.15) is 22.9 Å². The summed E-state index contributed by atoms with van der Waals surface area (Å²) in [4.78, 5) is 16.6. The molecule has 0 atom stereocenters.